The lowest BCUT2D eigenvalue weighted by Gasteiger charge is -2.00. The van der Waals surface area contributed by atoms with Crippen LogP contribution < -0.4 is 0 Å². The van der Waals surface area contributed by atoms with Gasteiger partial charge in [-0.05, 0) is 24.3 Å². The maximum atomic E-state index is 4.86. The van der Waals surface area contributed by atoms with Crippen molar-refractivity contribution in [3.63, 3.8) is 0 Å². The highest BCUT2D eigenvalue weighted by Gasteiger charge is 2.16. The Hall–Kier alpha value is -4.46. The summed E-state index contributed by atoms with van der Waals surface area (Å²) in [7, 11) is 0. The first-order chi connectivity index (χ1) is 14.9. The number of rotatable bonds is 3. The van der Waals surface area contributed by atoms with Gasteiger partial charge in [0.1, 0.15) is 12.0 Å². The van der Waals surface area contributed by atoms with Crippen LogP contribution in [-0.2, 0) is 0 Å². The number of fused-ring (bicyclic) bond motifs is 2. The van der Waals surface area contributed by atoms with Crippen LogP contribution in [0.1, 0.15) is 0 Å². The molecule has 0 radical (unpaired) electrons. The molecule has 0 fully saturated rings. The third-order valence-corrected chi connectivity index (χ3v) is 4.98. The van der Waals surface area contributed by atoms with E-state index < -0.39 is 0 Å². The van der Waals surface area contributed by atoms with Crippen molar-refractivity contribution in [3.8, 4) is 34.0 Å². The molecule has 0 aliphatic rings. The minimum absolute atomic E-state index is 0.682. The summed E-state index contributed by atoms with van der Waals surface area (Å²) in [6.07, 6.45) is 8.52. The molecule has 0 aliphatic heterocycles. The normalized spacial score (nSPS) is 11.3. The number of hydrogen-bond acceptors (Lipinski definition) is 6. The number of nitrogens with zero attached hydrogens (tertiary/aromatic N) is 6. The zero-order chi connectivity index (χ0) is 19.9. The Balaban J connectivity index is 1.52. The van der Waals surface area contributed by atoms with Gasteiger partial charge in [-0.3, -0.25) is 15.1 Å². The van der Waals surface area contributed by atoms with Crippen molar-refractivity contribution in [2.75, 3.05) is 0 Å². The summed E-state index contributed by atoms with van der Waals surface area (Å²) in [6, 6.07) is 13.8. The molecule has 6 rings (SSSR count). The highest BCUT2D eigenvalue weighted by molar-refractivity contribution is 5.97. The van der Waals surface area contributed by atoms with Gasteiger partial charge in [0.05, 0.1) is 34.1 Å². The SMILES string of the molecule is c1ccc(-c2cccc3[nH]c(-c4n[nH]c5cnc(-c6cncnc6)cc45)nc23)nc1. The fraction of sp³-hybridized carbons (Fsp3) is 0. The van der Waals surface area contributed by atoms with E-state index in [2.05, 4.69) is 35.1 Å². The molecule has 5 heterocycles. The Labute approximate surface area is 170 Å². The summed E-state index contributed by atoms with van der Waals surface area (Å²) >= 11 is 0. The molecule has 0 spiro atoms. The number of benzene rings is 1. The Morgan fingerprint density at radius 3 is 2.60 bits per heavy atom. The van der Waals surface area contributed by atoms with Crippen LogP contribution in [0.5, 0.6) is 0 Å². The van der Waals surface area contributed by atoms with E-state index in [1.54, 1.807) is 24.8 Å². The fourth-order valence-corrected chi connectivity index (χ4v) is 3.56. The Morgan fingerprint density at radius 2 is 1.73 bits per heavy atom. The van der Waals surface area contributed by atoms with Gasteiger partial charge < -0.3 is 4.98 Å². The van der Waals surface area contributed by atoms with E-state index in [0.717, 1.165) is 50.1 Å². The monoisotopic (exact) mass is 390 g/mol. The standard InChI is InChI=1S/C22H14N8/c1-2-7-25-16(5-1)14-4-3-6-17-20(14)28-22(27-17)21-15-8-18(13-9-23-12-24-10-13)26-11-19(15)29-30-21/h1-12H,(H,27,28)(H,29,30). The molecule has 6 aromatic rings. The molecule has 0 unspecified atom stereocenters. The van der Waals surface area contributed by atoms with Crippen molar-refractivity contribution in [3.05, 3.63) is 73.6 Å². The van der Waals surface area contributed by atoms with E-state index in [9.17, 15) is 0 Å². The first-order valence-electron chi connectivity index (χ1n) is 9.37. The summed E-state index contributed by atoms with van der Waals surface area (Å²) in [5.74, 6) is 0.682. The number of H-pyrrole nitrogens is 2. The van der Waals surface area contributed by atoms with Gasteiger partial charge >= 0.3 is 0 Å². The number of hydrogen-bond donors (Lipinski definition) is 2. The molecule has 2 N–H and O–H groups in total. The van der Waals surface area contributed by atoms with Crippen LogP contribution >= 0.6 is 0 Å². The first kappa shape index (κ1) is 16.5. The van der Waals surface area contributed by atoms with Crippen molar-refractivity contribution in [2.45, 2.75) is 0 Å². The Morgan fingerprint density at radius 1 is 0.800 bits per heavy atom. The average Bonchev–Trinajstić information content (AvgIpc) is 3.43. The minimum atomic E-state index is 0.682. The number of pyridine rings is 2. The smallest absolute Gasteiger partial charge is 0.159 e. The van der Waals surface area contributed by atoms with Crippen molar-refractivity contribution in [1.29, 1.82) is 0 Å². The second-order valence-electron chi connectivity index (χ2n) is 6.82. The molecule has 0 saturated carbocycles. The Bertz CT molecular complexity index is 1490. The molecule has 142 valence electrons. The van der Waals surface area contributed by atoms with Gasteiger partial charge in [0, 0.05) is 35.1 Å². The van der Waals surface area contributed by atoms with E-state index in [1.165, 1.54) is 6.33 Å². The Kier molecular flexibility index (Phi) is 3.60. The number of aromatic amines is 2. The second-order valence-corrected chi connectivity index (χ2v) is 6.82. The largest absolute Gasteiger partial charge is 0.337 e. The zero-order valence-corrected chi connectivity index (χ0v) is 15.6. The van der Waals surface area contributed by atoms with Crippen molar-refractivity contribution < 1.29 is 0 Å². The molecule has 0 saturated heterocycles. The van der Waals surface area contributed by atoms with Crippen molar-refractivity contribution in [1.82, 2.24) is 40.1 Å². The number of nitrogens with one attached hydrogen (secondary N) is 2. The van der Waals surface area contributed by atoms with E-state index >= 15 is 0 Å². The summed E-state index contributed by atoms with van der Waals surface area (Å²) in [6.45, 7) is 0. The number of para-hydroxylation sites is 1. The van der Waals surface area contributed by atoms with Crippen LogP contribution in [0.15, 0.2) is 73.6 Å². The zero-order valence-electron chi connectivity index (χ0n) is 15.6. The van der Waals surface area contributed by atoms with E-state index in [0.29, 0.717) is 5.82 Å². The predicted octanol–water partition coefficient (Wildman–Crippen LogP) is 4.02. The van der Waals surface area contributed by atoms with Gasteiger partial charge in [-0.2, -0.15) is 5.10 Å². The molecule has 8 nitrogen and oxygen atoms in total. The van der Waals surface area contributed by atoms with Gasteiger partial charge in [0.15, 0.2) is 5.82 Å². The van der Waals surface area contributed by atoms with Gasteiger partial charge in [0.2, 0.25) is 0 Å². The molecule has 0 bridgehead atoms. The molecule has 8 heteroatoms. The van der Waals surface area contributed by atoms with Crippen LogP contribution in [-0.4, -0.2) is 40.1 Å². The predicted molar refractivity (Wildman–Crippen MR) is 113 cm³/mol. The first-order valence-corrected chi connectivity index (χ1v) is 9.37. The van der Waals surface area contributed by atoms with Gasteiger partial charge in [-0.1, -0.05) is 18.2 Å². The van der Waals surface area contributed by atoms with Gasteiger partial charge in [0.25, 0.3) is 0 Å². The van der Waals surface area contributed by atoms with Crippen LogP contribution in [0.4, 0.5) is 0 Å². The van der Waals surface area contributed by atoms with Crippen molar-refractivity contribution in [2.24, 2.45) is 0 Å². The topological polar surface area (TPSA) is 109 Å². The van der Waals surface area contributed by atoms with E-state index in [-0.39, 0.29) is 0 Å². The second kappa shape index (κ2) is 6.56. The highest BCUT2D eigenvalue weighted by atomic mass is 15.1. The molecule has 1 aromatic carbocycles. The van der Waals surface area contributed by atoms with E-state index in [1.807, 2.05) is 42.5 Å². The third kappa shape index (κ3) is 2.62. The molecular formula is C22H14N8. The lowest BCUT2D eigenvalue weighted by atomic mass is 10.1. The number of imidazole rings is 1. The minimum Gasteiger partial charge on any atom is -0.337 e. The molecule has 0 amide bonds. The number of aromatic nitrogens is 8. The summed E-state index contributed by atoms with van der Waals surface area (Å²) in [5, 5.41) is 8.45. The van der Waals surface area contributed by atoms with Crippen LogP contribution in [0, 0.1) is 0 Å². The molecule has 0 atom stereocenters. The maximum Gasteiger partial charge on any atom is 0.159 e. The molecule has 5 aromatic heterocycles. The quantitative estimate of drug-likeness (QED) is 0.472. The van der Waals surface area contributed by atoms with Crippen molar-refractivity contribution >= 4 is 21.9 Å². The molecule has 0 aliphatic carbocycles. The fourth-order valence-electron chi connectivity index (χ4n) is 3.56. The van der Waals surface area contributed by atoms with Crippen LogP contribution in [0.25, 0.3) is 56.0 Å². The highest BCUT2D eigenvalue weighted by Crippen LogP contribution is 2.31. The van der Waals surface area contributed by atoms with E-state index in [4.69, 9.17) is 4.98 Å². The van der Waals surface area contributed by atoms with Crippen LogP contribution in [0.2, 0.25) is 0 Å². The lowest BCUT2D eigenvalue weighted by molar-refractivity contribution is 1.10. The summed E-state index contributed by atoms with van der Waals surface area (Å²) < 4.78 is 0. The van der Waals surface area contributed by atoms with Gasteiger partial charge in [-0.25, -0.2) is 15.0 Å². The molecular weight excluding hydrogens is 376 g/mol. The third-order valence-electron chi connectivity index (χ3n) is 4.98. The summed E-state index contributed by atoms with van der Waals surface area (Å²) in [5.41, 5.74) is 6.81. The van der Waals surface area contributed by atoms with Crippen LogP contribution in [0.3, 0.4) is 0 Å². The summed E-state index contributed by atoms with van der Waals surface area (Å²) in [4.78, 5) is 25.4. The maximum absolute atomic E-state index is 4.86. The molecule has 30 heavy (non-hydrogen) atoms. The lowest BCUT2D eigenvalue weighted by Crippen LogP contribution is -1.87. The average molecular weight is 390 g/mol. The van der Waals surface area contributed by atoms with Gasteiger partial charge in [-0.15, -0.1) is 0 Å².